The van der Waals surface area contributed by atoms with E-state index in [1.165, 1.54) is 12.8 Å². The average Bonchev–Trinajstić information content (AvgIpc) is 2.82. The van der Waals surface area contributed by atoms with Crippen molar-refractivity contribution in [2.75, 3.05) is 13.1 Å². The minimum absolute atomic E-state index is 0.0852. The van der Waals surface area contributed by atoms with Crippen LogP contribution in [0, 0.1) is 5.92 Å². The van der Waals surface area contributed by atoms with E-state index < -0.39 is 11.8 Å². The first-order valence-electron chi connectivity index (χ1n) is 6.46. The SMILES string of the molecule is NC(=S)CNC(=O)C(=O)N1CCCC2CCCC21. The molecule has 1 saturated carbocycles. The van der Waals surface area contributed by atoms with E-state index in [1.54, 1.807) is 4.90 Å². The summed E-state index contributed by atoms with van der Waals surface area (Å²) < 4.78 is 0. The van der Waals surface area contributed by atoms with Gasteiger partial charge in [0.1, 0.15) is 0 Å². The molecule has 2 fully saturated rings. The maximum Gasteiger partial charge on any atom is 0.312 e. The first-order valence-corrected chi connectivity index (χ1v) is 6.87. The number of fused-ring (bicyclic) bond motifs is 1. The number of amides is 2. The van der Waals surface area contributed by atoms with Crippen LogP contribution in [0.15, 0.2) is 0 Å². The second kappa shape index (κ2) is 5.65. The van der Waals surface area contributed by atoms with Crippen molar-refractivity contribution >= 4 is 29.0 Å². The molecule has 0 aromatic rings. The molecule has 0 bridgehead atoms. The predicted octanol–water partition coefficient (Wildman–Crippen LogP) is 0.180. The van der Waals surface area contributed by atoms with Gasteiger partial charge in [0.25, 0.3) is 0 Å². The van der Waals surface area contributed by atoms with Crippen LogP contribution in [0.1, 0.15) is 32.1 Å². The molecule has 2 rings (SSSR count). The molecule has 0 spiro atoms. The molecular weight excluding hydrogens is 250 g/mol. The van der Waals surface area contributed by atoms with E-state index in [1.807, 2.05) is 0 Å². The van der Waals surface area contributed by atoms with E-state index in [0.717, 1.165) is 19.3 Å². The normalized spacial score (nSPS) is 26.6. The Morgan fingerprint density at radius 2 is 2.00 bits per heavy atom. The summed E-state index contributed by atoms with van der Waals surface area (Å²) in [6.45, 7) is 0.780. The highest BCUT2D eigenvalue weighted by Gasteiger charge is 2.39. The third-order valence-corrected chi connectivity index (χ3v) is 4.02. The number of carbonyl (C=O) groups excluding carboxylic acids is 2. The maximum absolute atomic E-state index is 12.1. The maximum atomic E-state index is 12.1. The molecule has 5 nitrogen and oxygen atoms in total. The van der Waals surface area contributed by atoms with Gasteiger partial charge in [-0.1, -0.05) is 18.6 Å². The molecule has 100 valence electrons. The molecule has 1 aliphatic carbocycles. The van der Waals surface area contributed by atoms with Crippen molar-refractivity contribution in [3.8, 4) is 0 Å². The molecule has 1 aliphatic heterocycles. The number of nitrogens with one attached hydrogen (secondary N) is 1. The van der Waals surface area contributed by atoms with E-state index in [2.05, 4.69) is 17.5 Å². The third-order valence-electron chi connectivity index (χ3n) is 3.87. The summed E-state index contributed by atoms with van der Waals surface area (Å²) >= 11 is 4.67. The van der Waals surface area contributed by atoms with Crippen molar-refractivity contribution in [3.63, 3.8) is 0 Å². The van der Waals surface area contributed by atoms with E-state index in [9.17, 15) is 9.59 Å². The number of piperidine rings is 1. The fourth-order valence-corrected chi connectivity index (χ4v) is 3.15. The van der Waals surface area contributed by atoms with Gasteiger partial charge in [-0.05, 0) is 31.6 Å². The minimum atomic E-state index is -0.588. The Bertz CT molecular complexity index is 372. The Labute approximate surface area is 112 Å². The fraction of sp³-hybridized carbons (Fsp3) is 0.750. The zero-order chi connectivity index (χ0) is 13.1. The topological polar surface area (TPSA) is 75.4 Å². The lowest BCUT2D eigenvalue weighted by atomic mass is 9.92. The number of hydrogen-bond acceptors (Lipinski definition) is 3. The second-order valence-electron chi connectivity index (χ2n) is 5.05. The molecule has 3 N–H and O–H groups in total. The Morgan fingerprint density at radius 1 is 1.28 bits per heavy atom. The molecule has 2 unspecified atom stereocenters. The van der Waals surface area contributed by atoms with Gasteiger partial charge in [-0.2, -0.15) is 0 Å². The van der Waals surface area contributed by atoms with Crippen LogP contribution in [0.25, 0.3) is 0 Å². The van der Waals surface area contributed by atoms with Gasteiger partial charge >= 0.3 is 11.8 Å². The molecule has 2 amide bonds. The third kappa shape index (κ3) is 2.80. The lowest BCUT2D eigenvalue weighted by Gasteiger charge is -2.37. The van der Waals surface area contributed by atoms with Crippen LogP contribution in [0.2, 0.25) is 0 Å². The molecule has 2 atom stereocenters. The summed E-state index contributed by atoms with van der Waals surface area (Å²) in [5.41, 5.74) is 5.30. The number of nitrogens with zero attached hydrogens (tertiary/aromatic N) is 1. The van der Waals surface area contributed by atoms with Crippen molar-refractivity contribution in [1.29, 1.82) is 0 Å². The Hall–Kier alpha value is -1.17. The van der Waals surface area contributed by atoms with E-state index in [0.29, 0.717) is 12.5 Å². The van der Waals surface area contributed by atoms with Crippen LogP contribution in [0.4, 0.5) is 0 Å². The van der Waals surface area contributed by atoms with Crippen molar-refractivity contribution in [1.82, 2.24) is 10.2 Å². The summed E-state index contributed by atoms with van der Waals surface area (Å²) in [5, 5.41) is 2.46. The van der Waals surface area contributed by atoms with Gasteiger partial charge in [-0.3, -0.25) is 9.59 Å². The van der Waals surface area contributed by atoms with Crippen molar-refractivity contribution in [2.45, 2.75) is 38.1 Å². The Morgan fingerprint density at radius 3 is 2.72 bits per heavy atom. The summed E-state index contributed by atoms with van der Waals surface area (Å²) in [6, 6.07) is 0.266. The number of rotatable bonds is 2. The number of carbonyl (C=O) groups is 2. The van der Waals surface area contributed by atoms with Crippen molar-refractivity contribution < 1.29 is 9.59 Å². The first-order chi connectivity index (χ1) is 8.59. The molecule has 18 heavy (non-hydrogen) atoms. The van der Waals surface area contributed by atoms with Gasteiger partial charge in [0.2, 0.25) is 0 Å². The lowest BCUT2D eigenvalue weighted by molar-refractivity contribution is -0.148. The van der Waals surface area contributed by atoms with Crippen LogP contribution in [-0.4, -0.2) is 40.8 Å². The number of thiocarbonyl (C=S) groups is 1. The molecule has 0 aromatic heterocycles. The van der Waals surface area contributed by atoms with Crippen LogP contribution in [-0.2, 0) is 9.59 Å². The molecule has 1 saturated heterocycles. The van der Waals surface area contributed by atoms with E-state index in [4.69, 9.17) is 5.73 Å². The highest BCUT2D eigenvalue weighted by atomic mass is 32.1. The van der Waals surface area contributed by atoms with Gasteiger partial charge < -0.3 is 16.0 Å². The Balaban J connectivity index is 1.95. The zero-order valence-corrected chi connectivity index (χ0v) is 11.2. The first kappa shape index (κ1) is 13.3. The highest BCUT2D eigenvalue weighted by molar-refractivity contribution is 7.80. The van der Waals surface area contributed by atoms with Gasteiger partial charge in [0.05, 0.1) is 11.5 Å². The summed E-state index contributed by atoms with van der Waals surface area (Å²) in [5.74, 6) is -0.427. The zero-order valence-electron chi connectivity index (χ0n) is 10.4. The van der Waals surface area contributed by atoms with Crippen LogP contribution >= 0.6 is 12.2 Å². The van der Waals surface area contributed by atoms with Gasteiger partial charge in [-0.15, -0.1) is 0 Å². The molecule has 6 heteroatoms. The summed E-state index contributed by atoms with van der Waals surface area (Å²) in [7, 11) is 0. The lowest BCUT2D eigenvalue weighted by Crippen LogP contribution is -2.52. The van der Waals surface area contributed by atoms with Gasteiger partial charge in [0.15, 0.2) is 0 Å². The molecule has 2 aliphatic rings. The standard InChI is InChI=1S/C12H19N3O2S/c13-10(18)7-14-11(16)12(17)15-6-2-4-8-3-1-5-9(8)15/h8-9H,1-7H2,(H2,13,18)(H,14,16). The van der Waals surface area contributed by atoms with E-state index >= 15 is 0 Å². The summed E-state index contributed by atoms with van der Waals surface area (Å²) in [4.78, 5) is 25.7. The number of nitrogens with two attached hydrogens (primary N) is 1. The van der Waals surface area contributed by atoms with Crippen LogP contribution in [0.3, 0.4) is 0 Å². The van der Waals surface area contributed by atoms with Gasteiger partial charge in [0, 0.05) is 12.6 Å². The van der Waals surface area contributed by atoms with Crippen LogP contribution in [0.5, 0.6) is 0 Å². The van der Waals surface area contributed by atoms with Crippen molar-refractivity contribution in [3.05, 3.63) is 0 Å². The average molecular weight is 269 g/mol. The molecule has 0 aromatic carbocycles. The quantitative estimate of drug-likeness (QED) is 0.554. The highest BCUT2D eigenvalue weighted by Crippen LogP contribution is 2.36. The fourth-order valence-electron chi connectivity index (χ4n) is 3.08. The Kier molecular flexibility index (Phi) is 4.16. The monoisotopic (exact) mass is 269 g/mol. The van der Waals surface area contributed by atoms with Crippen molar-refractivity contribution in [2.24, 2.45) is 11.7 Å². The molecule has 0 radical (unpaired) electrons. The number of hydrogen-bond donors (Lipinski definition) is 2. The summed E-state index contributed by atoms with van der Waals surface area (Å²) in [6.07, 6.45) is 5.55. The molecule has 1 heterocycles. The van der Waals surface area contributed by atoms with Crippen LogP contribution < -0.4 is 11.1 Å². The smallest absolute Gasteiger partial charge is 0.312 e. The molecular formula is C12H19N3O2S. The predicted molar refractivity (Wildman–Crippen MR) is 71.9 cm³/mol. The van der Waals surface area contributed by atoms with Gasteiger partial charge in [-0.25, -0.2) is 0 Å². The minimum Gasteiger partial charge on any atom is -0.392 e. The second-order valence-corrected chi connectivity index (χ2v) is 5.57. The largest absolute Gasteiger partial charge is 0.392 e. The van der Waals surface area contributed by atoms with E-state index in [-0.39, 0.29) is 17.6 Å². The number of likely N-dealkylation sites (tertiary alicyclic amines) is 1.